The average Bonchev–Trinajstić information content (AvgIpc) is 2.55. The van der Waals surface area contributed by atoms with Gasteiger partial charge in [0.15, 0.2) is 0 Å². The third kappa shape index (κ3) is 10.6. The van der Waals surface area contributed by atoms with Crippen molar-refractivity contribution in [2.24, 2.45) is 11.8 Å². The molecule has 1 aliphatic carbocycles. The van der Waals surface area contributed by atoms with Crippen molar-refractivity contribution in [2.45, 2.75) is 97.3 Å². The van der Waals surface area contributed by atoms with Gasteiger partial charge in [0.05, 0.1) is 0 Å². The molecule has 1 aliphatic rings. The second-order valence-electron chi connectivity index (χ2n) is 7.90. The first-order valence-corrected chi connectivity index (χ1v) is 10.2. The zero-order valence-electron chi connectivity index (χ0n) is 16.0. The van der Waals surface area contributed by atoms with E-state index in [9.17, 15) is 0 Å². The van der Waals surface area contributed by atoms with Crippen LogP contribution in [0.2, 0.25) is 0 Å². The zero-order valence-corrected chi connectivity index (χ0v) is 16.0. The first-order valence-electron chi connectivity index (χ1n) is 10.2. The molecule has 134 valence electrons. The van der Waals surface area contributed by atoms with Gasteiger partial charge in [-0.2, -0.15) is 0 Å². The van der Waals surface area contributed by atoms with Crippen LogP contribution in [0, 0.1) is 11.8 Å². The van der Waals surface area contributed by atoms with E-state index in [1.165, 1.54) is 88.3 Å². The molecule has 1 fully saturated rings. The minimum atomic E-state index is 0.640. The number of unbranched alkanes of at least 4 members (excludes halogenated alkanes) is 3. The molecule has 0 radical (unpaired) electrons. The van der Waals surface area contributed by atoms with E-state index in [0.29, 0.717) is 5.92 Å². The van der Waals surface area contributed by atoms with E-state index >= 15 is 0 Å². The maximum Gasteiger partial charge on any atom is 0.0143 e. The van der Waals surface area contributed by atoms with Crippen LogP contribution in [-0.4, -0.2) is 6.54 Å². The third-order valence-corrected chi connectivity index (χ3v) is 5.43. The van der Waals surface area contributed by atoms with Crippen LogP contribution < -0.4 is 5.32 Å². The van der Waals surface area contributed by atoms with Crippen molar-refractivity contribution in [2.75, 3.05) is 6.54 Å². The molecule has 0 spiro atoms. The van der Waals surface area contributed by atoms with Crippen LogP contribution >= 0.6 is 0 Å². The summed E-state index contributed by atoms with van der Waals surface area (Å²) in [4.78, 5) is 0. The van der Waals surface area contributed by atoms with Gasteiger partial charge in [-0.1, -0.05) is 83.9 Å². The fourth-order valence-corrected chi connectivity index (χ4v) is 3.54. The SMILES string of the molecule is C=C(CCCCC1CCCCC1)NCCCCCC(=C)C(C)C. The van der Waals surface area contributed by atoms with Gasteiger partial charge in [-0.3, -0.25) is 0 Å². The van der Waals surface area contributed by atoms with Crippen LogP contribution in [0.25, 0.3) is 0 Å². The fourth-order valence-electron chi connectivity index (χ4n) is 3.54. The Morgan fingerprint density at radius 3 is 2.30 bits per heavy atom. The van der Waals surface area contributed by atoms with Gasteiger partial charge in [0, 0.05) is 12.2 Å². The molecule has 0 saturated heterocycles. The highest BCUT2D eigenvalue weighted by Crippen LogP contribution is 2.28. The van der Waals surface area contributed by atoms with Crippen molar-refractivity contribution in [1.82, 2.24) is 5.32 Å². The van der Waals surface area contributed by atoms with Crippen molar-refractivity contribution in [3.05, 3.63) is 24.4 Å². The van der Waals surface area contributed by atoms with Gasteiger partial charge in [-0.05, 0) is 43.9 Å². The van der Waals surface area contributed by atoms with Gasteiger partial charge in [-0.15, -0.1) is 0 Å². The molecule has 0 unspecified atom stereocenters. The largest absolute Gasteiger partial charge is 0.389 e. The van der Waals surface area contributed by atoms with Crippen molar-refractivity contribution in [3.8, 4) is 0 Å². The van der Waals surface area contributed by atoms with Gasteiger partial charge < -0.3 is 5.32 Å². The van der Waals surface area contributed by atoms with E-state index in [4.69, 9.17) is 0 Å². The van der Waals surface area contributed by atoms with Crippen LogP contribution in [0.1, 0.15) is 97.3 Å². The normalized spacial score (nSPS) is 15.8. The molecule has 0 bridgehead atoms. The zero-order chi connectivity index (χ0) is 16.9. The molecule has 0 amide bonds. The molecule has 0 atom stereocenters. The van der Waals surface area contributed by atoms with Crippen molar-refractivity contribution < 1.29 is 0 Å². The Bertz CT molecular complexity index is 323. The van der Waals surface area contributed by atoms with Crippen LogP contribution in [0.15, 0.2) is 24.4 Å². The molecule has 1 saturated carbocycles. The molecular weight excluding hydrogens is 278 g/mol. The minimum absolute atomic E-state index is 0.640. The number of allylic oxidation sites excluding steroid dienone is 2. The molecule has 0 aromatic carbocycles. The van der Waals surface area contributed by atoms with Gasteiger partial charge in [0.25, 0.3) is 0 Å². The molecule has 1 N–H and O–H groups in total. The Labute approximate surface area is 146 Å². The molecule has 1 nitrogen and oxygen atoms in total. The quantitative estimate of drug-likeness (QED) is 0.284. The summed E-state index contributed by atoms with van der Waals surface area (Å²) in [6, 6.07) is 0. The first-order chi connectivity index (χ1) is 11.1. The maximum atomic E-state index is 4.18. The Kier molecular flexibility index (Phi) is 11.2. The molecule has 1 heteroatoms. The minimum Gasteiger partial charge on any atom is -0.389 e. The molecule has 0 aliphatic heterocycles. The smallest absolute Gasteiger partial charge is 0.0143 e. The average molecular weight is 320 g/mol. The second kappa shape index (κ2) is 12.7. The summed E-state index contributed by atoms with van der Waals surface area (Å²) in [6.45, 7) is 13.9. The molecular formula is C22H41N. The van der Waals surface area contributed by atoms with Crippen molar-refractivity contribution in [3.63, 3.8) is 0 Å². The lowest BCUT2D eigenvalue weighted by molar-refractivity contribution is 0.329. The number of hydrogen-bond donors (Lipinski definition) is 1. The van der Waals surface area contributed by atoms with Gasteiger partial charge in [0.1, 0.15) is 0 Å². The summed E-state index contributed by atoms with van der Waals surface area (Å²) in [7, 11) is 0. The van der Waals surface area contributed by atoms with E-state index in [-0.39, 0.29) is 0 Å². The summed E-state index contributed by atoms with van der Waals surface area (Å²) in [5, 5.41) is 3.52. The predicted molar refractivity (Wildman–Crippen MR) is 105 cm³/mol. The van der Waals surface area contributed by atoms with Crippen LogP contribution in [-0.2, 0) is 0 Å². The lowest BCUT2D eigenvalue weighted by Crippen LogP contribution is -2.14. The summed E-state index contributed by atoms with van der Waals surface area (Å²) in [5.74, 6) is 1.67. The van der Waals surface area contributed by atoms with E-state index in [1.807, 2.05) is 0 Å². The predicted octanol–water partition coefficient (Wildman–Crippen LogP) is 7.00. The Morgan fingerprint density at radius 1 is 0.913 bits per heavy atom. The highest BCUT2D eigenvalue weighted by atomic mass is 14.9. The lowest BCUT2D eigenvalue weighted by atomic mass is 9.85. The van der Waals surface area contributed by atoms with Gasteiger partial charge in [-0.25, -0.2) is 0 Å². The molecule has 0 aromatic rings. The van der Waals surface area contributed by atoms with Crippen LogP contribution in [0.4, 0.5) is 0 Å². The number of rotatable bonds is 13. The Balaban J connectivity index is 1.87. The highest BCUT2D eigenvalue weighted by molar-refractivity contribution is 4.96. The Morgan fingerprint density at radius 2 is 1.61 bits per heavy atom. The fraction of sp³-hybridized carbons (Fsp3) is 0.818. The van der Waals surface area contributed by atoms with Gasteiger partial charge >= 0.3 is 0 Å². The topological polar surface area (TPSA) is 12.0 Å². The molecule has 0 heterocycles. The van der Waals surface area contributed by atoms with Crippen LogP contribution in [0.3, 0.4) is 0 Å². The molecule has 23 heavy (non-hydrogen) atoms. The van der Waals surface area contributed by atoms with Crippen LogP contribution in [0.5, 0.6) is 0 Å². The number of nitrogens with one attached hydrogen (secondary N) is 1. The molecule has 1 rings (SSSR count). The maximum absolute atomic E-state index is 4.18. The standard InChI is InChI=1S/C22H41N/c1-19(2)20(3)13-7-6-12-18-23-21(4)14-10-11-17-22-15-8-5-9-16-22/h19,22-23H,3-18H2,1-2H3. The van der Waals surface area contributed by atoms with E-state index in [2.05, 4.69) is 32.3 Å². The lowest BCUT2D eigenvalue weighted by Gasteiger charge is -2.21. The Hall–Kier alpha value is -0.720. The second-order valence-corrected chi connectivity index (χ2v) is 7.90. The van der Waals surface area contributed by atoms with Crippen molar-refractivity contribution >= 4 is 0 Å². The van der Waals surface area contributed by atoms with E-state index in [1.54, 1.807) is 0 Å². The number of hydrogen-bond acceptors (Lipinski definition) is 1. The molecule has 0 aromatic heterocycles. The van der Waals surface area contributed by atoms with E-state index < -0.39 is 0 Å². The van der Waals surface area contributed by atoms with E-state index in [0.717, 1.165) is 18.9 Å². The highest BCUT2D eigenvalue weighted by Gasteiger charge is 2.12. The first kappa shape index (κ1) is 20.3. The van der Waals surface area contributed by atoms with Gasteiger partial charge in [0.2, 0.25) is 0 Å². The third-order valence-electron chi connectivity index (χ3n) is 5.43. The monoisotopic (exact) mass is 319 g/mol. The summed E-state index contributed by atoms with van der Waals surface area (Å²) in [6.07, 6.45) is 17.8. The van der Waals surface area contributed by atoms with Crippen molar-refractivity contribution in [1.29, 1.82) is 0 Å². The summed E-state index contributed by atoms with van der Waals surface area (Å²) < 4.78 is 0. The summed E-state index contributed by atoms with van der Waals surface area (Å²) >= 11 is 0. The summed E-state index contributed by atoms with van der Waals surface area (Å²) in [5.41, 5.74) is 2.65.